The molecule has 2 aromatic carbocycles. The smallest absolute Gasteiger partial charge is 0.329 e. The lowest BCUT2D eigenvalue weighted by atomic mass is 10.1. The minimum absolute atomic E-state index is 0.104. The second-order valence-corrected chi connectivity index (χ2v) is 8.60. The summed E-state index contributed by atoms with van der Waals surface area (Å²) in [4.78, 5) is 29.1. The molecule has 7 heteroatoms. The summed E-state index contributed by atoms with van der Waals surface area (Å²) in [6.45, 7) is 4.64. The van der Waals surface area contributed by atoms with Crippen molar-refractivity contribution in [2.24, 2.45) is 0 Å². The Bertz CT molecular complexity index is 1280. The van der Waals surface area contributed by atoms with Gasteiger partial charge in [-0.2, -0.15) is 0 Å². The van der Waals surface area contributed by atoms with Crippen LogP contribution in [-0.2, 0) is 16.1 Å². The van der Waals surface area contributed by atoms with Gasteiger partial charge >= 0.3 is 11.7 Å². The average molecular weight is 484 g/mol. The van der Waals surface area contributed by atoms with Crippen LogP contribution in [0.1, 0.15) is 44.7 Å². The number of ether oxygens (including phenoxy) is 1. The molecule has 0 aliphatic rings. The SMILES string of the molecule is CCCC(CC(=O)OCC)n1c(=O)n(Cc2cc(Br)cc3[nH]ccc23)c2ccccc21. The lowest BCUT2D eigenvalue weighted by Crippen LogP contribution is -2.29. The number of halogens is 1. The van der Waals surface area contributed by atoms with Crippen molar-refractivity contribution in [2.75, 3.05) is 6.61 Å². The van der Waals surface area contributed by atoms with Gasteiger partial charge in [0, 0.05) is 27.6 Å². The van der Waals surface area contributed by atoms with E-state index in [1.807, 2.05) is 42.6 Å². The second-order valence-electron chi connectivity index (χ2n) is 7.68. The summed E-state index contributed by atoms with van der Waals surface area (Å²) in [5.41, 5.74) is 3.67. The Hall–Kier alpha value is -2.80. The van der Waals surface area contributed by atoms with Gasteiger partial charge in [-0.15, -0.1) is 0 Å². The summed E-state index contributed by atoms with van der Waals surface area (Å²) >= 11 is 3.58. The molecule has 0 aliphatic carbocycles. The van der Waals surface area contributed by atoms with Gasteiger partial charge in [-0.1, -0.05) is 41.4 Å². The van der Waals surface area contributed by atoms with Gasteiger partial charge in [0.15, 0.2) is 0 Å². The molecule has 2 heterocycles. The number of H-pyrrole nitrogens is 1. The highest BCUT2D eigenvalue weighted by Gasteiger charge is 2.23. The van der Waals surface area contributed by atoms with Crippen molar-refractivity contribution in [3.63, 3.8) is 0 Å². The maximum Gasteiger partial charge on any atom is 0.329 e. The van der Waals surface area contributed by atoms with Crippen molar-refractivity contribution in [3.8, 4) is 0 Å². The Morgan fingerprint density at radius 1 is 1.16 bits per heavy atom. The zero-order valence-corrected chi connectivity index (χ0v) is 19.3. The van der Waals surface area contributed by atoms with E-state index in [-0.39, 0.29) is 24.1 Å². The second kappa shape index (κ2) is 9.14. The van der Waals surface area contributed by atoms with Crippen LogP contribution in [0.4, 0.5) is 0 Å². The van der Waals surface area contributed by atoms with Gasteiger partial charge < -0.3 is 9.72 Å². The minimum Gasteiger partial charge on any atom is -0.466 e. The van der Waals surface area contributed by atoms with Crippen LogP contribution in [-0.4, -0.2) is 26.7 Å². The lowest BCUT2D eigenvalue weighted by molar-refractivity contribution is -0.144. The van der Waals surface area contributed by atoms with Gasteiger partial charge in [-0.3, -0.25) is 13.9 Å². The summed E-state index contributed by atoms with van der Waals surface area (Å²) in [5, 5.41) is 1.09. The fourth-order valence-electron chi connectivity index (χ4n) is 4.31. The molecule has 31 heavy (non-hydrogen) atoms. The Labute approximate surface area is 188 Å². The number of carbonyl (C=O) groups excluding carboxylic acids is 1. The quantitative estimate of drug-likeness (QED) is 0.341. The molecule has 0 saturated carbocycles. The molecule has 4 rings (SSSR count). The van der Waals surface area contributed by atoms with Gasteiger partial charge in [0.25, 0.3) is 0 Å². The maximum absolute atomic E-state index is 13.7. The Kier molecular flexibility index (Phi) is 6.32. The Balaban J connectivity index is 1.84. The number of nitrogens with zero attached hydrogens (tertiary/aromatic N) is 2. The van der Waals surface area contributed by atoms with E-state index >= 15 is 0 Å². The van der Waals surface area contributed by atoms with Gasteiger partial charge in [0.2, 0.25) is 0 Å². The number of nitrogens with one attached hydrogen (secondary N) is 1. The number of esters is 1. The summed E-state index contributed by atoms with van der Waals surface area (Å²) in [6, 6.07) is 13.7. The summed E-state index contributed by atoms with van der Waals surface area (Å²) < 4.78 is 9.72. The molecule has 162 valence electrons. The zero-order valence-electron chi connectivity index (χ0n) is 17.7. The topological polar surface area (TPSA) is 69.0 Å². The summed E-state index contributed by atoms with van der Waals surface area (Å²) in [5.74, 6) is -0.272. The van der Waals surface area contributed by atoms with Crippen LogP contribution < -0.4 is 5.69 Å². The first-order valence-electron chi connectivity index (χ1n) is 10.6. The summed E-state index contributed by atoms with van der Waals surface area (Å²) in [7, 11) is 0. The van der Waals surface area contributed by atoms with Crippen molar-refractivity contribution in [1.82, 2.24) is 14.1 Å². The van der Waals surface area contributed by atoms with Crippen molar-refractivity contribution >= 4 is 43.8 Å². The van der Waals surface area contributed by atoms with Crippen molar-refractivity contribution in [2.45, 2.75) is 45.7 Å². The Morgan fingerprint density at radius 2 is 1.94 bits per heavy atom. The number of imidazole rings is 1. The average Bonchev–Trinajstić information content (AvgIpc) is 3.31. The summed E-state index contributed by atoms with van der Waals surface area (Å²) in [6.07, 6.45) is 3.69. The molecule has 1 N–H and O–H groups in total. The zero-order chi connectivity index (χ0) is 22.0. The number of hydrogen-bond acceptors (Lipinski definition) is 3. The van der Waals surface area contributed by atoms with E-state index in [4.69, 9.17) is 4.74 Å². The molecule has 4 aromatic rings. The number of aromatic amines is 1. The fourth-order valence-corrected chi connectivity index (χ4v) is 4.82. The molecule has 0 aliphatic heterocycles. The van der Waals surface area contributed by atoms with Crippen LogP contribution in [0.2, 0.25) is 0 Å². The Morgan fingerprint density at radius 3 is 2.68 bits per heavy atom. The van der Waals surface area contributed by atoms with E-state index in [1.165, 1.54) is 0 Å². The minimum atomic E-state index is -0.272. The van der Waals surface area contributed by atoms with Crippen LogP contribution in [0.3, 0.4) is 0 Å². The number of benzene rings is 2. The van der Waals surface area contributed by atoms with E-state index in [2.05, 4.69) is 33.9 Å². The largest absolute Gasteiger partial charge is 0.466 e. The van der Waals surface area contributed by atoms with E-state index in [9.17, 15) is 9.59 Å². The first-order chi connectivity index (χ1) is 15.0. The van der Waals surface area contributed by atoms with Crippen LogP contribution in [0.15, 0.2) is 57.9 Å². The number of aromatic nitrogens is 3. The highest BCUT2D eigenvalue weighted by molar-refractivity contribution is 9.10. The molecular formula is C24H26BrN3O3. The molecule has 6 nitrogen and oxygen atoms in total. The molecule has 1 atom stereocenters. The molecule has 0 saturated heterocycles. The monoisotopic (exact) mass is 483 g/mol. The molecule has 0 spiro atoms. The van der Waals surface area contributed by atoms with Gasteiger partial charge in [-0.05, 0) is 49.2 Å². The number of para-hydroxylation sites is 2. The van der Waals surface area contributed by atoms with E-state index in [0.29, 0.717) is 13.2 Å². The molecule has 1 unspecified atom stereocenters. The third-order valence-corrected chi connectivity index (χ3v) is 6.07. The molecular weight excluding hydrogens is 458 g/mol. The van der Waals surface area contributed by atoms with E-state index in [0.717, 1.165) is 44.8 Å². The molecule has 0 bridgehead atoms. The van der Waals surface area contributed by atoms with E-state index < -0.39 is 0 Å². The van der Waals surface area contributed by atoms with Crippen molar-refractivity contribution in [1.29, 1.82) is 0 Å². The lowest BCUT2D eigenvalue weighted by Gasteiger charge is -2.17. The highest BCUT2D eigenvalue weighted by atomic mass is 79.9. The van der Waals surface area contributed by atoms with Crippen LogP contribution in [0.25, 0.3) is 21.9 Å². The number of rotatable bonds is 8. The number of hydrogen-bond donors (Lipinski definition) is 1. The van der Waals surface area contributed by atoms with Gasteiger partial charge in [0.1, 0.15) is 0 Å². The normalized spacial score (nSPS) is 12.5. The molecule has 0 radical (unpaired) electrons. The van der Waals surface area contributed by atoms with Gasteiger partial charge in [0.05, 0.1) is 30.6 Å². The maximum atomic E-state index is 13.7. The molecule has 0 amide bonds. The van der Waals surface area contributed by atoms with Crippen LogP contribution in [0.5, 0.6) is 0 Å². The third-order valence-electron chi connectivity index (χ3n) is 5.61. The van der Waals surface area contributed by atoms with Gasteiger partial charge in [-0.25, -0.2) is 4.79 Å². The predicted octanol–water partition coefficient (Wildman–Crippen LogP) is 5.39. The third kappa shape index (κ3) is 4.19. The molecule has 0 fully saturated rings. The predicted molar refractivity (Wildman–Crippen MR) is 126 cm³/mol. The number of fused-ring (bicyclic) bond motifs is 2. The standard InChI is InChI=1S/C24H26BrN3O3/c1-3-7-18(14-23(29)31-4-2)28-22-9-6-5-8-21(22)27(24(28)30)15-16-12-17(25)13-20-19(16)10-11-26-20/h5-6,8-13,18,26H,3-4,7,14-15H2,1-2H3. The van der Waals surface area contributed by atoms with Crippen LogP contribution >= 0.6 is 15.9 Å². The highest BCUT2D eigenvalue weighted by Crippen LogP contribution is 2.27. The van der Waals surface area contributed by atoms with Crippen molar-refractivity contribution < 1.29 is 9.53 Å². The first kappa shape index (κ1) is 21.4. The number of carbonyl (C=O) groups is 1. The van der Waals surface area contributed by atoms with Crippen LogP contribution in [0, 0.1) is 0 Å². The fraction of sp³-hybridized carbons (Fsp3) is 0.333. The van der Waals surface area contributed by atoms with Crippen molar-refractivity contribution in [3.05, 3.63) is 69.2 Å². The molecule has 2 aromatic heterocycles. The van der Waals surface area contributed by atoms with E-state index in [1.54, 1.807) is 16.1 Å². The first-order valence-corrected chi connectivity index (χ1v) is 11.4.